The Morgan fingerprint density at radius 1 is 1.44 bits per heavy atom. The van der Waals surface area contributed by atoms with Crippen molar-refractivity contribution in [3.63, 3.8) is 0 Å². The van der Waals surface area contributed by atoms with Gasteiger partial charge in [-0.25, -0.2) is 0 Å². The Kier molecular flexibility index (Phi) is 3.87. The lowest BCUT2D eigenvalue weighted by molar-refractivity contribution is -0.122. The minimum Gasteiger partial charge on any atom is -0.479 e. The first-order valence-electron chi connectivity index (χ1n) is 6.40. The summed E-state index contributed by atoms with van der Waals surface area (Å²) in [6.07, 6.45) is 0.530. The van der Waals surface area contributed by atoms with Crippen molar-refractivity contribution in [2.45, 2.75) is 39.3 Å². The fraction of sp³-hybridized carbons (Fsp3) is 0.500. The largest absolute Gasteiger partial charge is 0.479 e. The molecule has 1 atom stereocenters. The molecular weight excluding hydrogens is 228 g/mol. The van der Waals surface area contributed by atoms with Crippen LogP contribution in [0, 0.1) is 0 Å². The molecule has 1 amide bonds. The number of anilines is 1. The Hall–Kier alpha value is -1.55. The molecule has 1 heterocycles. The van der Waals surface area contributed by atoms with Gasteiger partial charge in [0.25, 0.3) is 5.91 Å². The lowest BCUT2D eigenvalue weighted by Crippen LogP contribution is -2.34. The van der Waals surface area contributed by atoms with Gasteiger partial charge in [0.2, 0.25) is 0 Å². The first-order valence-corrected chi connectivity index (χ1v) is 6.40. The van der Waals surface area contributed by atoms with E-state index in [-0.39, 0.29) is 5.91 Å². The smallest absolute Gasteiger partial charge is 0.265 e. The highest BCUT2D eigenvalue weighted by Gasteiger charge is 2.23. The number of rotatable bonds is 4. The number of carbonyl (C=O) groups excluding carboxylic acids is 1. The van der Waals surface area contributed by atoms with Gasteiger partial charge >= 0.3 is 0 Å². The Labute approximate surface area is 108 Å². The normalized spacial score (nSPS) is 18.2. The number of hydrogen-bond acceptors (Lipinski definition) is 3. The van der Waals surface area contributed by atoms with Gasteiger partial charge in [0.15, 0.2) is 6.10 Å². The van der Waals surface area contributed by atoms with Crippen molar-refractivity contribution < 1.29 is 9.53 Å². The van der Waals surface area contributed by atoms with Gasteiger partial charge < -0.3 is 15.4 Å². The number of amides is 1. The van der Waals surface area contributed by atoms with Crippen molar-refractivity contribution in [3.8, 4) is 5.75 Å². The molecule has 1 aliphatic rings. The molecule has 0 bridgehead atoms. The van der Waals surface area contributed by atoms with Gasteiger partial charge in [0, 0.05) is 6.04 Å². The summed E-state index contributed by atoms with van der Waals surface area (Å²) >= 11 is 0. The molecule has 0 aromatic heterocycles. The van der Waals surface area contributed by atoms with Gasteiger partial charge in [-0.1, -0.05) is 19.9 Å². The summed E-state index contributed by atoms with van der Waals surface area (Å²) in [7, 11) is 0. The SMILES string of the molecule is CC(C)NCCc1ccc2c(c1)NC(=O)C(C)O2. The van der Waals surface area contributed by atoms with E-state index in [0.29, 0.717) is 6.04 Å². The average Bonchev–Trinajstić information content (AvgIpc) is 2.30. The van der Waals surface area contributed by atoms with Gasteiger partial charge in [-0.05, 0) is 37.6 Å². The van der Waals surface area contributed by atoms with Gasteiger partial charge in [-0.3, -0.25) is 4.79 Å². The van der Waals surface area contributed by atoms with Crippen LogP contribution in [0.1, 0.15) is 26.3 Å². The topological polar surface area (TPSA) is 50.4 Å². The fourth-order valence-corrected chi connectivity index (χ4v) is 1.92. The summed E-state index contributed by atoms with van der Waals surface area (Å²) in [5.41, 5.74) is 1.97. The number of benzene rings is 1. The lowest BCUT2D eigenvalue weighted by atomic mass is 10.1. The van der Waals surface area contributed by atoms with Gasteiger partial charge in [-0.2, -0.15) is 0 Å². The van der Waals surface area contributed by atoms with E-state index in [1.165, 1.54) is 5.56 Å². The molecule has 18 heavy (non-hydrogen) atoms. The third-order valence-corrected chi connectivity index (χ3v) is 2.94. The standard InChI is InChI=1S/C14H20N2O2/c1-9(2)15-7-6-11-4-5-13-12(8-11)16-14(17)10(3)18-13/h4-5,8-10,15H,6-7H2,1-3H3,(H,16,17). The number of nitrogens with one attached hydrogen (secondary N) is 2. The van der Waals surface area contributed by atoms with Crippen molar-refractivity contribution in [1.82, 2.24) is 5.32 Å². The molecule has 0 radical (unpaired) electrons. The first kappa shape index (κ1) is 12.9. The van der Waals surface area contributed by atoms with Crippen molar-refractivity contribution in [1.29, 1.82) is 0 Å². The quantitative estimate of drug-likeness (QED) is 0.856. The van der Waals surface area contributed by atoms with E-state index in [0.717, 1.165) is 24.4 Å². The molecule has 0 aliphatic carbocycles. The van der Waals surface area contributed by atoms with Gasteiger partial charge in [0.05, 0.1) is 5.69 Å². The van der Waals surface area contributed by atoms with Crippen molar-refractivity contribution in [2.24, 2.45) is 0 Å². The van der Waals surface area contributed by atoms with Crippen LogP contribution >= 0.6 is 0 Å². The molecule has 1 aromatic rings. The number of ether oxygens (including phenoxy) is 1. The van der Waals surface area contributed by atoms with Crippen LogP contribution in [0.3, 0.4) is 0 Å². The number of fused-ring (bicyclic) bond motifs is 1. The predicted octanol–water partition coefficient (Wildman–Crippen LogP) is 1.95. The van der Waals surface area contributed by atoms with Gasteiger partial charge in [-0.15, -0.1) is 0 Å². The Bertz CT molecular complexity index is 443. The monoisotopic (exact) mass is 248 g/mol. The van der Waals surface area contributed by atoms with Crippen LogP contribution in [-0.2, 0) is 11.2 Å². The molecule has 0 spiro atoms. The fourth-order valence-electron chi connectivity index (χ4n) is 1.92. The molecule has 4 heteroatoms. The lowest BCUT2D eigenvalue weighted by Gasteiger charge is -2.23. The summed E-state index contributed by atoms with van der Waals surface area (Å²) in [5.74, 6) is 0.669. The van der Waals surface area contributed by atoms with E-state index < -0.39 is 6.10 Å². The molecule has 1 aromatic carbocycles. The molecule has 2 N–H and O–H groups in total. The maximum atomic E-state index is 11.5. The van der Waals surface area contributed by atoms with E-state index >= 15 is 0 Å². The highest BCUT2D eigenvalue weighted by Crippen LogP contribution is 2.30. The Morgan fingerprint density at radius 3 is 2.94 bits per heavy atom. The van der Waals surface area contributed by atoms with Crippen LogP contribution in [-0.4, -0.2) is 24.6 Å². The molecule has 1 aliphatic heterocycles. The highest BCUT2D eigenvalue weighted by atomic mass is 16.5. The maximum Gasteiger partial charge on any atom is 0.265 e. The van der Waals surface area contributed by atoms with Crippen molar-refractivity contribution in [2.75, 3.05) is 11.9 Å². The Balaban J connectivity index is 2.03. The second-order valence-corrected chi connectivity index (χ2v) is 4.94. The van der Waals surface area contributed by atoms with Crippen LogP contribution in [0.4, 0.5) is 5.69 Å². The average molecular weight is 248 g/mol. The second kappa shape index (κ2) is 5.40. The predicted molar refractivity (Wildman–Crippen MR) is 72.0 cm³/mol. The molecule has 0 fully saturated rings. The number of carbonyl (C=O) groups is 1. The van der Waals surface area contributed by atoms with E-state index in [9.17, 15) is 4.79 Å². The zero-order valence-electron chi connectivity index (χ0n) is 11.1. The summed E-state index contributed by atoms with van der Waals surface area (Å²) in [6, 6.07) is 6.45. The molecule has 4 nitrogen and oxygen atoms in total. The van der Waals surface area contributed by atoms with Crippen LogP contribution in [0.5, 0.6) is 5.75 Å². The van der Waals surface area contributed by atoms with E-state index in [4.69, 9.17) is 4.74 Å². The summed E-state index contributed by atoms with van der Waals surface area (Å²) in [4.78, 5) is 11.5. The van der Waals surface area contributed by atoms with Crippen LogP contribution in [0.15, 0.2) is 18.2 Å². The van der Waals surface area contributed by atoms with Gasteiger partial charge in [0.1, 0.15) is 5.75 Å². The summed E-state index contributed by atoms with van der Waals surface area (Å²) in [5, 5.41) is 6.24. The molecular formula is C14H20N2O2. The van der Waals surface area contributed by atoms with Crippen LogP contribution < -0.4 is 15.4 Å². The minimum absolute atomic E-state index is 0.0834. The van der Waals surface area contributed by atoms with E-state index in [1.54, 1.807) is 6.92 Å². The third-order valence-electron chi connectivity index (χ3n) is 2.94. The second-order valence-electron chi connectivity index (χ2n) is 4.94. The summed E-state index contributed by atoms with van der Waals surface area (Å²) < 4.78 is 5.51. The molecule has 0 saturated carbocycles. The molecule has 2 rings (SSSR count). The van der Waals surface area contributed by atoms with Crippen LogP contribution in [0.2, 0.25) is 0 Å². The third kappa shape index (κ3) is 3.01. The maximum absolute atomic E-state index is 11.5. The molecule has 0 saturated heterocycles. The Morgan fingerprint density at radius 2 is 2.22 bits per heavy atom. The summed E-state index contributed by atoms with van der Waals surface area (Å²) in [6.45, 7) is 6.94. The number of hydrogen-bond donors (Lipinski definition) is 2. The zero-order valence-corrected chi connectivity index (χ0v) is 11.1. The first-order chi connectivity index (χ1) is 8.56. The molecule has 1 unspecified atom stereocenters. The van der Waals surface area contributed by atoms with E-state index in [2.05, 4.69) is 24.5 Å². The minimum atomic E-state index is -0.411. The van der Waals surface area contributed by atoms with Crippen molar-refractivity contribution >= 4 is 11.6 Å². The molecule has 98 valence electrons. The van der Waals surface area contributed by atoms with Crippen molar-refractivity contribution in [3.05, 3.63) is 23.8 Å². The van der Waals surface area contributed by atoms with Crippen LogP contribution in [0.25, 0.3) is 0 Å². The van der Waals surface area contributed by atoms with E-state index in [1.807, 2.05) is 18.2 Å². The highest BCUT2D eigenvalue weighted by molar-refractivity contribution is 5.97. The zero-order chi connectivity index (χ0) is 13.1.